The summed E-state index contributed by atoms with van der Waals surface area (Å²) in [5, 5.41) is 0. The fourth-order valence-corrected chi connectivity index (χ4v) is 2.82. The smallest absolute Gasteiger partial charge is 0.123 e. The minimum Gasteiger partial charge on any atom is -0.370 e. The molecular weight excluding hydrogens is 239 g/mol. The molecule has 0 radical (unpaired) electrons. The van der Waals surface area contributed by atoms with Crippen molar-refractivity contribution in [2.75, 3.05) is 0 Å². The summed E-state index contributed by atoms with van der Waals surface area (Å²) >= 11 is 0. The number of aryl methyl sites for hydroxylation is 1. The maximum atomic E-state index is 13.2. The summed E-state index contributed by atoms with van der Waals surface area (Å²) in [5.41, 5.74) is 2.40. The minimum absolute atomic E-state index is 0.135. The quantitative estimate of drug-likeness (QED) is 0.727. The first-order chi connectivity index (χ1) is 8.79. The number of hydrogen-bond acceptors (Lipinski definition) is 1. The van der Waals surface area contributed by atoms with Crippen LogP contribution in [0.4, 0.5) is 4.39 Å². The van der Waals surface area contributed by atoms with Gasteiger partial charge in [-0.1, -0.05) is 33.8 Å². The zero-order valence-corrected chi connectivity index (χ0v) is 12.7. The third kappa shape index (κ3) is 3.17. The van der Waals surface area contributed by atoms with Crippen LogP contribution in [-0.4, -0.2) is 6.10 Å². The van der Waals surface area contributed by atoms with Crippen LogP contribution in [0.3, 0.4) is 0 Å². The fourth-order valence-electron chi connectivity index (χ4n) is 2.82. The highest BCUT2D eigenvalue weighted by molar-refractivity contribution is 5.29. The van der Waals surface area contributed by atoms with Gasteiger partial charge in [-0.15, -0.1) is 0 Å². The number of halogens is 1. The zero-order chi connectivity index (χ0) is 14.2. The zero-order valence-electron chi connectivity index (χ0n) is 12.7. The molecule has 0 aromatic heterocycles. The van der Waals surface area contributed by atoms with E-state index in [9.17, 15) is 4.39 Å². The number of hydrogen-bond donors (Lipinski definition) is 0. The summed E-state index contributed by atoms with van der Waals surface area (Å²) in [5.74, 6) is 0.358. The van der Waals surface area contributed by atoms with Gasteiger partial charge in [0.25, 0.3) is 0 Å². The van der Waals surface area contributed by atoms with Crippen molar-refractivity contribution < 1.29 is 9.13 Å². The molecule has 2 heteroatoms. The van der Waals surface area contributed by atoms with Crippen LogP contribution in [0.1, 0.15) is 57.8 Å². The highest BCUT2D eigenvalue weighted by Gasteiger charge is 2.35. The maximum absolute atomic E-state index is 13.2. The van der Waals surface area contributed by atoms with Crippen molar-refractivity contribution >= 4 is 0 Å². The van der Waals surface area contributed by atoms with E-state index in [4.69, 9.17) is 4.74 Å². The molecule has 1 heterocycles. The lowest BCUT2D eigenvalue weighted by Gasteiger charge is -2.32. The molecule has 1 nitrogen and oxygen atoms in total. The van der Waals surface area contributed by atoms with E-state index >= 15 is 0 Å². The molecule has 0 amide bonds. The summed E-state index contributed by atoms with van der Waals surface area (Å²) < 4.78 is 19.4. The van der Waals surface area contributed by atoms with Crippen molar-refractivity contribution in [3.63, 3.8) is 0 Å². The molecule has 1 fully saturated rings. The van der Waals surface area contributed by atoms with Crippen LogP contribution in [-0.2, 0) is 4.74 Å². The Bertz CT molecular complexity index is 447. The highest BCUT2D eigenvalue weighted by Crippen LogP contribution is 2.41. The largest absolute Gasteiger partial charge is 0.370 e. The molecule has 106 valence electrons. The van der Waals surface area contributed by atoms with Crippen LogP contribution in [0.25, 0.3) is 0 Å². The van der Waals surface area contributed by atoms with Gasteiger partial charge in [0.05, 0.1) is 12.2 Å². The Balaban J connectivity index is 2.10. The van der Waals surface area contributed by atoms with Gasteiger partial charge in [-0.2, -0.15) is 0 Å². The van der Waals surface area contributed by atoms with Gasteiger partial charge in [-0.3, -0.25) is 0 Å². The van der Waals surface area contributed by atoms with Crippen LogP contribution >= 0.6 is 0 Å². The summed E-state index contributed by atoms with van der Waals surface area (Å²) in [7, 11) is 0. The molecule has 0 aliphatic carbocycles. The predicted molar refractivity (Wildman–Crippen MR) is 76.6 cm³/mol. The Labute approximate surface area is 116 Å². The summed E-state index contributed by atoms with van der Waals surface area (Å²) in [6, 6.07) is 5.00. The fraction of sp³-hybridized carbons (Fsp3) is 0.647. The van der Waals surface area contributed by atoms with Crippen molar-refractivity contribution in [2.45, 2.75) is 59.7 Å². The second-order valence-electron chi connectivity index (χ2n) is 6.90. The SMILES string of the molecule is Cc1cc(F)ccc1[C@H]1CC[C@@H]([C@H](C)C(C)(C)C)O1. The van der Waals surface area contributed by atoms with E-state index in [2.05, 4.69) is 27.7 Å². The van der Waals surface area contributed by atoms with Gasteiger partial charge < -0.3 is 4.74 Å². The molecule has 0 unspecified atom stereocenters. The minimum atomic E-state index is -0.168. The summed E-state index contributed by atoms with van der Waals surface area (Å²) in [6.45, 7) is 11.0. The standard InChI is InChI=1S/C17H25FO/c1-11-10-13(18)6-7-14(11)16-9-8-15(19-16)12(2)17(3,4)5/h6-7,10,12,15-16H,8-9H2,1-5H3/t12-,15-,16+/m0/s1. The van der Waals surface area contributed by atoms with Crippen LogP contribution in [0.5, 0.6) is 0 Å². The highest BCUT2D eigenvalue weighted by atomic mass is 19.1. The third-order valence-electron chi connectivity index (χ3n) is 4.55. The molecule has 1 aromatic rings. The molecule has 19 heavy (non-hydrogen) atoms. The van der Waals surface area contributed by atoms with Crippen molar-refractivity contribution in [1.82, 2.24) is 0 Å². The lowest BCUT2D eigenvalue weighted by Crippen LogP contribution is -2.29. The van der Waals surface area contributed by atoms with E-state index in [0.29, 0.717) is 12.0 Å². The average molecular weight is 264 g/mol. The second kappa shape index (κ2) is 5.24. The predicted octanol–water partition coefficient (Wildman–Crippen LogP) is 5.04. The Morgan fingerprint density at radius 3 is 2.53 bits per heavy atom. The molecule has 0 saturated carbocycles. The molecule has 3 atom stereocenters. The van der Waals surface area contributed by atoms with Gasteiger partial charge in [-0.25, -0.2) is 4.39 Å². The summed E-state index contributed by atoms with van der Waals surface area (Å²) in [4.78, 5) is 0. The molecule has 2 rings (SSSR count). The van der Waals surface area contributed by atoms with Crippen molar-refractivity contribution in [3.8, 4) is 0 Å². The van der Waals surface area contributed by atoms with Crippen molar-refractivity contribution in [3.05, 3.63) is 35.1 Å². The second-order valence-corrected chi connectivity index (χ2v) is 6.90. The molecule has 0 spiro atoms. The van der Waals surface area contributed by atoms with Crippen LogP contribution in [0, 0.1) is 24.1 Å². The number of benzene rings is 1. The molecule has 1 aliphatic heterocycles. The molecule has 1 aliphatic rings. The topological polar surface area (TPSA) is 9.23 Å². The summed E-state index contributed by atoms with van der Waals surface area (Å²) in [6.07, 6.45) is 2.59. The van der Waals surface area contributed by atoms with Gasteiger partial charge in [0.15, 0.2) is 0 Å². The number of ether oxygens (including phenoxy) is 1. The van der Waals surface area contributed by atoms with Gasteiger partial charge in [0, 0.05) is 0 Å². The van der Waals surface area contributed by atoms with Gasteiger partial charge >= 0.3 is 0 Å². The van der Waals surface area contributed by atoms with E-state index in [1.54, 1.807) is 6.07 Å². The molecule has 0 N–H and O–H groups in total. The van der Waals surface area contributed by atoms with Crippen molar-refractivity contribution in [2.24, 2.45) is 11.3 Å². The Morgan fingerprint density at radius 1 is 1.26 bits per heavy atom. The van der Waals surface area contributed by atoms with Crippen LogP contribution in [0.15, 0.2) is 18.2 Å². The molecule has 1 saturated heterocycles. The van der Waals surface area contributed by atoms with Gasteiger partial charge in [0.1, 0.15) is 5.82 Å². The van der Waals surface area contributed by atoms with E-state index < -0.39 is 0 Å². The maximum Gasteiger partial charge on any atom is 0.123 e. The third-order valence-corrected chi connectivity index (χ3v) is 4.55. The Morgan fingerprint density at radius 2 is 1.95 bits per heavy atom. The van der Waals surface area contributed by atoms with Crippen LogP contribution < -0.4 is 0 Å². The van der Waals surface area contributed by atoms with E-state index in [1.807, 2.05) is 13.0 Å². The average Bonchev–Trinajstić information content (AvgIpc) is 2.75. The van der Waals surface area contributed by atoms with Gasteiger partial charge in [-0.05, 0) is 54.4 Å². The first kappa shape index (κ1) is 14.5. The normalized spacial score (nSPS) is 25.6. The molecule has 0 bridgehead atoms. The van der Waals surface area contributed by atoms with Crippen LogP contribution in [0.2, 0.25) is 0 Å². The van der Waals surface area contributed by atoms with E-state index in [1.165, 1.54) is 6.07 Å². The first-order valence-electron chi connectivity index (χ1n) is 7.20. The van der Waals surface area contributed by atoms with E-state index in [0.717, 1.165) is 24.0 Å². The molecule has 1 aromatic carbocycles. The lowest BCUT2D eigenvalue weighted by atomic mass is 9.78. The lowest BCUT2D eigenvalue weighted by molar-refractivity contribution is -0.0165. The van der Waals surface area contributed by atoms with E-state index in [-0.39, 0.29) is 17.3 Å². The Kier molecular flexibility index (Phi) is 4.00. The monoisotopic (exact) mass is 264 g/mol. The van der Waals surface area contributed by atoms with Crippen molar-refractivity contribution in [1.29, 1.82) is 0 Å². The van der Waals surface area contributed by atoms with Gasteiger partial charge in [0.2, 0.25) is 0 Å². The Hall–Kier alpha value is -0.890. The first-order valence-corrected chi connectivity index (χ1v) is 7.20. The number of rotatable bonds is 2. The molecular formula is C17H25FO.